The van der Waals surface area contributed by atoms with Crippen molar-refractivity contribution in [3.8, 4) is 5.75 Å². The van der Waals surface area contributed by atoms with Crippen LogP contribution < -0.4 is 15.4 Å². The lowest BCUT2D eigenvalue weighted by molar-refractivity contribution is 0.242. The van der Waals surface area contributed by atoms with Crippen LogP contribution in [0.2, 0.25) is 0 Å². The molecule has 2 N–H and O–H groups in total. The van der Waals surface area contributed by atoms with Crippen molar-refractivity contribution in [2.45, 2.75) is 38.8 Å². The molecule has 1 atom stereocenters. The molecular weight excluding hydrogens is 212 g/mol. The first-order chi connectivity index (χ1) is 8.15. The summed E-state index contributed by atoms with van der Waals surface area (Å²) in [4.78, 5) is 2.35. The average Bonchev–Trinajstić information content (AvgIpc) is 2.29. The zero-order chi connectivity index (χ0) is 12.3. The third kappa shape index (κ3) is 3.37. The quantitative estimate of drug-likeness (QED) is 0.872. The predicted molar refractivity (Wildman–Crippen MR) is 71.6 cm³/mol. The normalized spacial score (nSPS) is 20.7. The Morgan fingerprint density at radius 2 is 2.00 bits per heavy atom. The second-order valence-electron chi connectivity index (χ2n) is 5.01. The first kappa shape index (κ1) is 12.2. The van der Waals surface area contributed by atoms with Crippen molar-refractivity contribution in [1.29, 1.82) is 0 Å². The van der Waals surface area contributed by atoms with Gasteiger partial charge >= 0.3 is 0 Å². The zero-order valence-electron chi connectivity index (χ0n) is 10.7. The van der Waals surface area contributed by atoms with Gasteiger partial charge in [0, 0.05) is 24.8 Å². The largest absolute Gasteiger partial charge is 0.491 e. The van der Waals surface area contributed by atoms with Crippen LogP contribution in [-0.4, -0.2) is 25.2 Å². The highest BCUT2D eigenvalue weighted by atomic mass is 16.5. The van der Waals surface area contributed by atoms with Crippen molar-refractivity contribution >= 4 is 5.69 Å². The monoisotopic (exact) mass is 234 g/mol. The number of piperidine rings is 1. The number of anilines is 1. The summed E-state index contributed by atoms with van der Waals surface area (Å²) in [7, 11) is 0. The predicted octanol–water partition coefficient (Wildman–Crippen LogP) is 2.40. The molecule has 3 heteroatoms. The van der Waals surface area contributed by atoms with Gasteiger partial charge in [-0.25, -0.2) is 0 Å². The van der Waals surface area contributed by atoms with E-state index in [-0.39, 0.29) is 6.10 Å². The van der Waals surface area contributed by atoms with Crippen molar-refractivity contribution in [1.82, 2.24) is 0 Å². The lowest BCUT2D eigenvalue weighted by Gasteiger charge is -2.32. The van der Waals surface area contributed by atoms with Crippen LogP contribution in [-0.2, 0) is 0 Å². The van der Waals surface area contributed by atoms with E-state index in [1.54, 1.807) is 0 Å². The number of nitrogens with two attached hydrogens (primary N) is 1. The fraction of sp³-hybridized carbons (Fsp3) is 0.571. The summed E-state index contributed by atoms with van der Waals surface area (Å²) >= 11 is 0. The van der Waals surface area contributed by atoms with E-state index < -0.39 is 0 Å². The Balaban J connectivity index is 2.01. The van der Waals surface area contributed by atoms with E-state index in [9.17, 15) is 0 Å². The molecule has 0 saturated carbocycles. The Morgan fingerprint density at radius 1 is 1.29 bits per heavy atom. The van der Waals surface area contributed by atoms with Crippen molar-refractivity contribution in [2.24, 2.45) is 5.73 Å². The standard InChI is InChI=1S/C14H22N2O/c1-11(2)17-14-7-5-13(6-8-14)16-9-3-4-12(15)10-16/h5-8,11-12H,3-4,9-10,15H2,1-2H3. The van der Waals surface area contributed by atoms with Crippen molar-refractivity contribution in [3.05, 3.63) is 24.3 Å². The highest BCUT2D eigenvalue weighted by molar-refractivity contribution is 5.49. The SMILES string of the molecule is CC(C)Oc1ccc(N2CCCC(N)C2)cc1. The van der Waals surface area contributed by atoms with Gasteiger partial charge in [0.25, 0.3) is 0 Å². The third-order valence-corrected chi connectivity index (χ3v) is 3.03. The molecule has 1 fully saturated rings. The van der Waals surface area contributed by atoms with Gasteiger partial charge in [-0.1, -0.05) is 0 Å². The molecule has 1 aromatic rings. The fourth-order valence-electron chi connectivity index (χ4n) is 2.25. The topological polar surface area (TPSA) is 38.5 Å². The summed E-state index contributed by atoms with van der Waals surface area (Å²) in [5.41, 5.74) is 7.24. The minimum absolute atomic E-state index is 0.226. The first-order valence-electron chi connectivity index (χ1n) is 6.42. The smallest absolute Gasteiger partial charge is 0.119 e. The van der Waals surface area contributed by atoms with Crippen molar-refractivity contribution in [2.75, 3.05) is 18.0 Å². The Bertz CT molecular complexity index is 348. The fourth-order valence-corrected chi connectivity index (χ4v) is 2.25. The second kappa shape index (κ2) is 5.41. The molecule has 0 spiro atoms. The Kier molecular flexibility index (Phi) is 3.89. The van der Waals surface area contributed by atoms with Crippen molar-refractivity contribution in [3.63, 3.8) is 0 Å². The van der Waals surface area contributed by atoms with Gasteiger partial charge in [-0.05, 0) is 51.0 Å². The summed E-state index contributed by atoms with van der Waals surface area (Å²) in [5.74, 6) is 0.935. The number of benzene rings is 1. The summed E-state index contributed by atoms with van der Waals surface area (Å²) in [6.45, 7) is 6.15. The summed E-state index contributed by atoms with van der Waals surface area (Å²) in [6, 6.07) is 8.63. The maximum Gasteiger partial charge on any atom is 0.119 e. The first-order valence-corrected chi connectivity index (χ1v) is 6.42. The molecule has 1 aliphatic rings. The third-order valence-electron chi connectivity index (χ3n) is 3.03. The van der Waals surface area contributed by atoms with Crippen LogP contribution in [0.25, 0.3) is 0 Å². The minimum atomic E-state index is 0.226. The molecular formula is C14H22N2O. The van der Waals surface area contributed by atoms with Gasteiger partial charge in [-0.15, -0.1) is 0 Å². The number of hydrogen-bond donors (Lipinski definition) is 1. The number of hydrogen-bond acceptors (Lipinski definition) is 3. The van der Waals surface area contributed by atoms with Crippen LogP contribution >= 0.6 is 0 Å². The van der Waals surface area contributed by atoms with E-state index in [2.05, 4.69) is 17.0 Å². The molecule has 0 bridgehead atoms. The molecule has 17 heavy (non-hydrogen) atoms. The van der Waals surface area contributed by atoms with E-state index >= 15 is 0 Å². The van der Waals surface area contributed by atoms with E-state index in [1.807, 2.05) is 26.0 Å². The molecule has 3 nitrogen and oxygen atoms in total. The summed E-state index contributed by atoms with van der Waals surface area (Å²) in [6.07, 6.45) is 2.56. The van der Waals surface area contributed by atoms with Crippen LogP contribution in [0.15, 0.2) is 24.3 Å². The number of nitrogens with zero attached hydrogens (tertiary/aromatic N) is 1. The number of rotatable bonds is 3. The molecule has 1 unspecified atom stereocenters. The highest BCUT2D eigenvalue weighted by Gasteiger charge is 2.16. The van der Waals surface area contributed by atoms with E-state index in [0.29, 0.717) is 6.04 Å². The van der Waals surface area contributed by atoms with Gasteiger partial charge in [0.15, 0.2) is 0 Å². The maximum absolute atomic E-state index is 5.99. The van der Waals surface area contributed by atoms with E-state index in [4.69, 9.17) is 10.5 Å². The van der Waals surface area contributed by atoms with Crippen LogP contribution in [0.5, 0.6) is 5.75 Å². The molecule has 0 aromatic heterocycles. The summed E-state index contributed by atoms with van der Waals surface area (Å²) < 4.78 is 5.63. The highest BCUT2D eigenvalue weighted by Crippen LogP contribution is 2.22. The minimum Gasteiger partial charge on any atom is -0.491 e. The Morgan fingerprint density at radius 3 is 2.59 bits per heavy atom. The van der Waals surface area contributed by atoms with Gasteiger partial charge in [-0.3, -0.25) is 0 Å². The van der Waals surface area contributed by atoms with Gasteiger partial charge < -0.3 is 15.4 Å². The van der Waals surface area contributed by atoms with E-state index in [0.717, 1.165) is 25.3 Å². The van der Waals surface area contributed by atoms with Crippen LogP contribution in [0.1, 0.15) is 26.7 Å². The lowest BCUT2D eigenvalue weighted by Crippen LogP contribution is -2.42. The molecule has 1 aromatic carbocycles. The van der Waals surface area contributed by atoms with Crippen molar-refractivity contribution < 1.29 is 4.74 Å². The maximum atomic E-state index is 5.99. The molecule has 1 aliphatic heterocycles. The zero-order valence-corrected chi connectivity index (χ0v) is 10.7. The number of ether oxygens (including phenoxy) is 1. The average molecular weight is 234 g/mol. The molecule has 1 heterocycles. The van der Waals surface area contributed by atoms with Crippen LogP contribution in [0.4, 0.5) is 5.69 Å². The van der Waals surface area contributed by atoms with Gasteiger partial charge in [-0.2, -0.15) is 0 Å². The summed E-state index contributed by atoms with van der Waals surface area (Å²) in [5, 5.41) is 0. The molecule has 0 aliphatic carbocycles. The van der Waals surface area contributed by atoms with Gasteiger partial charge in [0.1, 0.15) is 5.75 Å². The lowest BCUT2D eigenvalue weighted by atomic mass is 10.1. The van der Waals surface area contributed by atoms with Gasteiger partial charge in [0.05, 0.1) is 6.10 Å². The van der Waals surface area contributed by atoms with Crippen LogP contribution in [0, 0.1) is 0 Å². The Labute approximate surface area is 104 Å². The molecule has 2 rings (SSSR count). The molecule has 0 radical (unpaired) electrons. The molecule has 94 valence electrons. The van der Waals surface area contributed by atoms with E-state index in [1.165, 1.54) is 12.1 Å². The van der Waals surface area contributed by atoms with Crippen LogP contribution in [0.3, 0.4) is 0 Å². The molecule has 1 saturated heterocycles. The molecule has 0 amide bonds. The second-order valence-corrected chi connectivity index (χ2v) is 5.01. The Hall–Kier alpha value is -1.22. The van der Waals surface area contributed by atoms with Gasteiger partial charge in [0.2, 0.25) is 0 Å².